The predicted molar refractivity (Wildman–Crippen MR) is 71.7 cm³/mol. The molecule has 0 aromatic carbocycles. The minimum Gasteiger partial charge on any atom is -0.309 e. The zero-order chi connectivity index (χ0) is 12.2. The second-order valence-corrected chi connectivity index (χ2v) is 5.42. The van der Waals surface area contributed by atoms with Gasteiger partial charge >= 0.3 is 0 Å². The summed E-state index contributed by atoms with van der Waals surface area (Å²) >= 11 is 2.01. The Bertz CT molecular complexity index is 493. The maximum Gasteiger partial charge on any atom is 0.159 e. The van der Waals surface area contributed by atoms with Crippen molar-refractivity contribution in [3.63, 3.8) is 0 Å². The molecule has 0 aliphatic carbocycles. The van der Waals surface area contributed by atoms with Gasteiger partial charge in [-0.3, -0.25) is 0 Å². The molecular formula is C12H15N5S. The Morgan fingerprint density at radius 2 is 2.50 bits per heavy atom. The van der Waals surface area contributed by atoms with E-state index in [1.165, 1.54) is 24.3 Å². The first-order chi connectivity index (χ1) is 8.93. The van der Waals surface area contributed by atoms with Gasteiger partial charge in [-0.15, -0.1) is 0 Å². The topological polar surface area (TPSA) is 55.6 Å². The highest BCUT2D eigenvalue weighted by atomic mass is 32.2. The molecule has 1 N–H and O–H groups in total. The van der Waals surface area contributed by atoms with E-state index in [-0.39, 0.29) is 0 Å². The highest BCUT2D eigenvalue weighted by Crippen LogP contribution is 2.18. The van der Waals surface area contributed by atoms with Gasteiger partial charge in [0.1, 0.15) is 12.7 Å². The molecular weight excluding hydrogens is 246 g/mol. The van der Waals surface area contributed by atoms with Crippen molar-refractivity contribution < 1.29 is 0 Å². The number of nitrogens with one attached hydrogen (secondary N) is 1. The van der Waals surface area contributed by atoms with E-state index >= 15 is 0 Å². The van der Waals surface area contributed by atoms with Gasteiger partial charge in [0.2, 0.25) is 0 Å². The maximum absolute atomic E-state index is 4.38. The van der Waals surface area contributed by atoms with E-state index in [0.29, 0.717) is 6.04 Å². The predicted octanol–water partition coefficient (Wildman–Crippen LogP) is 1.26. The van der Waals surface area contributed by atoms with E-state index in [1.807, 2.05) is 17.8 Å². The maximum atomic E-state index is 4.38. The Hall–Kier alpha value is -1.40. The van der Waals surface area contributed by atoms with E-state index in [9.17, 15) is 0 Å². The lowest BCUT2D eigenvalue weighted by atomic mass is 10.2. The minimum atomic E-state index is 0.624. The van der Waals surface area contributed by atoms with Gasteiger partial charge in [0.05, 0.1) is 0 Å². The van der Waals surface area contributed by atoms with Crippen LogP contribution < -0.4 is 5.32 Å². The van der Waals surface area contributed by atoms with Crippen molar-refractivity contribution in [3.05, 3.63) is 36.5 Å². The average Bonchev–Trinajstić information content (AvgIpc) is 3.10. The van der Waals surface area contributed by atoms with Gasteiger partial charge in [-0.05, 0) is 18.2 Å². The standard InChI is InChI=1S/C12H15N5S/c1-2-10(6-15-11-3-5-18-7-11)12(14-4-1)17-9-13-8-16-17/h1-2,4,8-9,11,15H,3,5-7H2/t11-/m1/s1. The van der Waals surface area contributed by atoms with Crippen LogP contribution in [-0.4, -0.2) is 37.3 Å². The zero-order valence-electron chi connectivity index (χ0n) is 9.99. The summed E-state index contributed by atoms with van der Waals surface area (Å²) in [6, 6.07) is 4.67. The Morgan fingerprint density at radius 3 is 3.28 bits per heavy atom. The van der Waals surface area contributed by atoms with Crippen LogP contribution in [0.4, 0.5) is 0 Å². The quantitative estimate of drug-likeness (QED) is 0.898. The molecule has 2 aromatic rings. The Balaban J connectivity index is 1.75. The largest absolute Gasteiger partial charge is 0.309 e. The Morgan fingerprint density at radius 1 is 1.50 bits per heavy atom. The number of rotatable bonds is 4. The summed E-state index contributed by atoms with van der Waals surface area (Å²) in [5.74, 6) is 3.33. The van der Waals surface area contributed by atoms with Crippen molar-refractivity contribution >= 4 is 11.8 Å². The van der Waals surface area contributed by atoms with Gasteiger partial charge in [-0.2, -0.15) is 16.9 Å². The van der Waals surface area contributed by atoms with Gasteiger partial charge in [0, 0.05) is 30.1 Å². The summed E-state index contributed by atoms with van der Waals surface area (Å²) in [7, 11) is 0. The number of nitrogens with zero attached hydrogens (tertiary/aromatic N) is 4. The molecule has 0 unspecified atom stereocenters. The molecule has 94 valence electrons. The monoisotopic (exact) mass is 261 g/mol. The molecule has 0 amide bonds. The van der Waals surface area contributed by atoms with Crippen LogP contribution in [0.3, 0.4) is 0 Å². The zero-order valence-corrected chi connectivity index (χ0v) is 10.8. The summed E-state index contributed by atoms with van der Waals surface area (Å²) in [4.78, 5) is 8.35. The molecule has 1 aliphatic heterocycles. The molecule has 0 radical (unpaired) electrons. The van der Waals surface area contributed by atoms with Crippen LogP contribution in [0.25, 0.3) is 5.82 Å². The van der Waals surface area contributed by atoms with Crippen molar-refractivity contribution in [1.29, 1.82) is 0 Å². The summed E-state index contributed by atoms with van der Waals surface area (Å²) < 4.78 is 1.71. The first-order valence-corrected chi connectivity index (χ1v) is 7.19. The number of pyridine rings is 1. The highest BCUT2D eigenvalue weighted by molar-refractivity contribution is 7.99. The molecule has 6 heteroatoms. The number of thioether (sulfide) groups is 1. The molecule has 18 heavy (non-hydrogen) atoms. The third-order valence-corrected chi connectivity index (χ3v) is 4.18. The van der Waals surface area contributed by atoms with Crippen LogP contribution in [0.15, 0.2) is 31.0 Å². The third-order valence-electron chi connectivity index (χ3n) is 3.01. The molecule has 1 atom stereocenters. The smallest absolute Gasteiger partial charge is 0.159 e. The summed E-state index contributed by atoms with van der Waals surface area (Å²) in [6.45, 7) is 0.828. The van der Waals surface area contributed by atoms with Crippen LogP contribution in [0.1, 0.15) is 12.0 Å². The Labute approximate surface area is 110 Å². The highest BCUT2D eigenvalue weighted by Gasteiger charge is 2.15. The van der Waals surface area contributed by atoms with Crippen LogP contribution in [0.2, 0.25) is 0 Å². The van der Waals surface area contributed by atoms with E-state index < -0.39 is 0 Å². The normalized spacial score (nSPS) is 19.2. The molecule has 1 fully saturated rings. The number of hydrogen-bond donors (Lipinski definition) is 1. The van der Waals surface area contributed by atoms with Crippen LogP contribution >= 0.6 is 11.8 Å². The lowest BCUT2D eigenvalue weighted by molar-refractivity contribution is 0.555. The fraction of sp³-hybridized carbons (Fsp3) is 0.417. The molecule has 2 aromatic heterocycles. The summed E-state index contributed by atoms with van der Waals surface area (Å²) in [5.41, 5.74) is 1.15. The van der Waals surface area contributed by atoms with E-state index in [0.717, 1.165) is 17.9 Å². The second kappa shape index (κ2) is 5.49. The number of aromatic nitrogens is 4. The van der Waals surface area contributed by atoms with Gasteiger partial charge in [0.25, 0.3) is 0 Å². The molecule has 1 aliphatic rings. The van der Waals surface area contributed by atoms with E-state index in [1.54, 1.807) is 17.2 Å². The molecule has 0 bridgehead atoms. The summed E-state index contributed by atoms with van der Waals surface area (Å²) in [6.07, 6.45) is 6.24. The van der Waals surface area contributed by atoms with Gasteiger partial charge in [0.15, 0.2) is 5.82 Å². The van der Waals surface area contributed by atoms with E-state index in [4.69, 9.17) is 0 Å². The van der Waals surface area contributed by atoms with Gasteiger partial charge in [-0.25, -0.2) is 14.6 Å². The lowest BCUT2D eigenvalue weighted by Gasteiger charge is -2.13. The first kappa shape index (κ1) is 11.7. The molecule has 0 spiro atoms. The van der Waals surface area contributed by atoms with Crippen molar-refractivity contribution in [2.24, 2.45) is 0 Å². The molecule has 5 nitrogen and oxygen atoms in total. The Kier molecular flexibility index (Phi) is 3.56. The van der Waals surface area contributed by atoms with Crippen molar-refractivity contribution in [2.75, 3.05) is 11.5 Å². The van der Waals surface area contributed by atoms with Gasteiger partial charge < -0.3 is 5.32 Å². The minimum absolute atomic E-state index is 0.624. The fourth-order valence-corrected chi connectivity index (χ4v) is 3.23. The summed E-state index contributed by atoms with van der Waals surface area (Å²) in [5, 5.41) is 7.72. The first-order valence-electron chi connectivity index (χ1n) is 6.03. The number of hydrogen-bond acceptors (Lipinski definition) is 5. The van der Waals surface area contributed by atoms with Crippen molar-refractivity contribution in [3.8, 4) is 5.82 Å². The van der Waals surface area contributed by atoms with Crippen LogP contribution in [0, 0.1) is 0 Å². The van der Waals surface area contributed by atoms with Crippen molar-refractivity contribution in [1.82, 2.24) is 25.1 Å². The molecule has 1 saturated heterocycles. The van der Waals surface area contributed by atoms with Crippen LogP contribution in [0.5, 0.6) is 0 Å². The van der Waals surface area contributed by atoms with Crippen molar-refractivity contribution in [2.45, 2.75) is 19.0 Å². The van der Waals surface area contributed by atoms with Gasteiger partial charge in [-0.1, -0.05) is 6.07 Å². The molecule has 0 saturated carbocycles. The molecule has 3 heterocycles. The average molecular weight is 261 g/mol. The SMILES string of the molecule is c1cnc(-n2cncn2)c(CN[C@@H]2CCSC2)c1. The lowest BCUT2D eigenvalue weighted by Crippen LogP contribution is -2.28. The second-order valence-electron chi connectivity index (χ2n) is 4.27. The van der Waals surface area contributed by atoms with E-state index in [2.05, 4.69) is 26.4 Å². The third kappa shape index (κ3) is 2.54. The van der Waals surface area contributed by atoms with Crippen LogP contribution in [-0.2, 0) is 6.54 Å². The fourth-order valence-electron chi connectivity index (χ4n) is 2.04. The molecule has 3 rings (SSSR count).